The molecule has 0 amide bonds. The second-order valence-corrected chi connectivity index (χ2v) is 20.8. The van der Waals surface area contributed by atoms with E-state index in [-0.39, 0.29) is 0 Å². The first-order valence-electron chi connectivity index (χ1n) is 10.4. The molecule has 0 radical (unpaired) electrons. The number of imidazole rings is 1. The molecule has 1 aromatic heterocycles. The van der Waals surface area contributed by atoms with Gasteiger partial charge in [0, 0.05) is 0 Å². The summed E-state index contributed by atoms with van der Waals surface area (Å²) in [5.41, 5.74) is 1.27. The number of aromatic nitrogens is 2. The molecule has 2 rings (SSSR count). The zero-order valence-electron chi connectivity index (χ0n) is 17.1. The Morgan fingerprint density at radius 2 is 1.54 bits per heavy atom. The standard InChI is InChI=1S/C10H9N2O.3C4H9.Sn/c1-12-7-6-11-10(12)8-2-4-9(13)5-3-8;3*1-3-4-2;/h2,4-7,13H,1H3;3*1,3-4H2,2H3;. The molecule has 144 valence electrons. The molecule has 0 unspecified atom stereocenters. The summed E-state index contributed by atoms with van der Waals surface area (Å²) in [6.07, 6.45) is 11.6. The van der Waals surface area contributed by atoms with Gasteiger partial charge in [0.25, 0.3) is 0 Å². The maximum absolute atomic E-state index is 10.4. The van der Waals surface area contributed by atoms with Gasteiger partial charge in [-0.2, -0.15) is 0 Å². The van der Waals surface area contributed by atoms with E-state index in [4.69, 9.17) is 0 Å². The number of hydrogen-bond donors (Lipinski definition) is 1. The summed E-state index contributed by atoms with van der Waals surface area (Å²) in [4.78, 5) is 4.65. The summed E-state index contributed by atoms with van der Waals surface area (Å²) < 4.78 is 7.81. The Hall–Kier alpha value is -0.971. The van der Waals surface area contributed by atoms with Crippen molar-refractivity contribution in [2.45, 2.75) is 72.6 Å². The fourth-order valence-corrected chi connectivity index (χ4v) is 20.9. The van der Waals surface area contributed by atoms with Gasteiger partial charge in [-0.25, -0.2) is 0 Å². The number of benzene rings is 1. The van der Waals surface area contributed by atoms with Crippen molar-refractivity contribution in [3.05, 3.63) is 30.6 Å². The van der Waals surface area contributed by atoms with Gasteiger partial charge in [-0.1, -0.05) is 0 Å². The van der Waals surface area contributed by atoms with Crippen LogP contribution in [-0.4, -0.2) is 33.0 Å². The third-order valence-electron chi connectivity index (χ3n) is 5.66. The summed E-state index contributed by atoms with van der Waals surface area (Å²) in [6.45, 7) is 6.91. The fraction of sp³-hybridized carbons (Fsp3) is 0.591. The summed E-state index contributed by atoms with van der Waals surface area (Å²) >= 11 is -2.64. The molecule has 1 aromatic carbocycles. The van der Waals surface area contributed by atoms with E-state index in [1.54, 1.807) is 0 Å². The van der Waals surface area contributed by atoms with Crippen LogP contribution >= 0.6 is 0 Å². The SMILES string of the molecule is CCC[CH2][Sn]([CH2]CCC)([CH2]CCC)[c]1cc(O)ccc1-c1nccn1C. The second-order valence-electron chi connectivity index (χ2n) is 7.68. The third kappa shape index (κ3) is 5.05. The van der Waals surface area contributed by atoms with Crippen molar-refractivity contribution in [2.75, 3.05) is 0 Å². The average Bonchev–Trinajstić information content (AvgIpc) is 3.07. The van der Waals surface area contributed by atoms with Gasteiger partial charge in [-0.05, 0) is 0 Å². The van der Waals surface area contributed by atoms with Crippen LogP contribution in [0.3, 0.4) is 0 Å². The molecular formula is C22H36N2OSn. The quantitative estimate of drug-likeness (QED) is 0.425. The Labute approximate surface area is 163 Å². The molecule has 0 saturated carbocycles. The van der Waals surface area contributed by atoms with E-state index in [0.717, 1.165) is 5.82 Å². The van der Waals surface area contributed by atoms with E-state index < -0.39 is 18.4 Å². The Balaban J connectivity index is 2.60. The number of rotatable bonds is 11. The van der Waals surface area contributed by atoms with Gasteiger partial charge in [0.15, 0.2) is 0 Å². The first-order valence-corrected chi connectivity index (χ1v) is 17.9. The Bertz CT molecular complexity index is 659. The van der Waals surface area contributed by atoms with Crippen molar-refractivity contribution in [3.8, 4) is 17.1 Å². The van der Waals surface area contributed by atoms with Crippen LogP contribution in [0, 0.1) is 0 Å². The van der Waals surface area contributed by atoms with Gasteiger partial charge < -0.3 is 0 Å². The van der Waals surface area contributed by atoms with E-state index in [0.29, 0.717) is 5.75 Å². The summed E-state index contributed by atoms with van der Waals surface area (Å²) in [5.74, 6) is 1.47. The molecule has 0 saturated heterocycles. The van der Waals surface area contributed by atoms with Crippen LogP contribution in [0.5, 0.6) is 5.75 Å². The van der Waals surface area contributed by atoms with Crippen LogP contribution in [0.25, 0.3) is 11.4 Å². The van der Waals surface area contributed by atoms with Crippen molar-refractivity contribution in [1.29, 1.82) is 0 Å². The molecular weight excluding hydrogens is 427 g/mol. The van der Waals surface area contributed by atoms with Crippen LogP contribution in [0.2, 0.25) is 13.3 Å². The summed E-state index contributed by atoms with van der Waals surface area (Å²) in [5, 5.41) is 10.4. The van der Waals surface area contributed by atoms with Gasteiger partial charge in [-0.15, -0.1) is 0 Å². The first kappa shape index (κ1) is 21.3. The Morgan fingerprint density at radius 1 is 0.962 bits per heavy atom. The van der Waals surface area contributed by atoms with E-state index >= 15 is 0 Å². The van der Waals surface area contributed by atoms with Crippen LogP contribution in [0.1, 0.15) is 59.3 Å². The zero-order chi connectivity index (χ0) is 19.0. The fourth-order valence-electron chi connectivity index (χ4n) is 4.12. The number of nitrogens with zero attached hydrogens (tertiary/aromatic N) is 2. The van der Waals surface area contributed by atoms with Gasteiger partial charge in [0.2, 0.25) is 0 Å². The zero-order valence-corrected chi connectivity index (χ0v) is 19.9. The molecule has 0 atom stereocenters. The number of phenolic OH excluding ortho intramolecular Hbond substituents is 1. The molecule has 1 heterocycles. The number of unbranched alkanes of at least 4 members (excludes halogenated alkanes) is 3. The minimum atomic E-state index is -2.64. The molecule has 0 aliphatic rings. The molecule has 4 heteroatoms. The molecule has 3 nitrogen and oxygen atoms in total. The molecule has 26 heavy (non-hydrogen) atoms. The Kier molecular flexibility index (Phi) is 8.52. The molecule has 1 N–H and O–H groups in total. The van der Waals surface area contributed by atoms with Gasteiger partial charge in [-0.3, -0.25) is 0 Å². The van der Waals surface area contributed by atoms with E-state index in [1.807, 2.05) is 18.5 Å². The normalized spacial score (nSPS) is 11.8. The predicted molar refractivity (Wildman–Crippen MR) is 115 cm³/mol. The number of aromatic hydroxyl groups is 1. The number of hydrogen-bond acceptors (Lipinski definition) is 2. The topological polar surface area (TPSA) is 38.1 Å². The summed E-state index contributed by atoms with van der Waals surface area (Å²) in [6, 6.07) is 6.06. The second kappa shape index (κ2) is 10.4. The maximum atomic E-state index is 10.4. The van der Waals surface area contributed by atoms with Crippen molar-refractivity contribution < 1.29 is 5.11 Å². The predicted octanol–water partition coefficient (Wildman–Crippen LogP) is 5.85. The third-order valence-corrected chi connectivity index (χ3v) is 21.3. The van der Waals surface area contributed by atoms with Crippen LogP contribution in [-0.2, 0) is 7.05 Å². The molecule has 0 spiro atoms. The van der Waals surface area contributed by atoms with E-state index in [9.17, 15) is 5.11 Å². The van der Waals surface area contributed by atoms with E-state index in [1.165, 1.54) is 61.0 Å². The van der Waals surface area contributed by atoms with Crippen molar-refractivity contribution in [1.82, 2.24) is 9.55 Å². The van der Waals surface area contributed by atoms with Crippen molar-refractivity contribution in [3.63, 3.8) is 0 Å². The summed E-state index contributed by atoms with van der Waals surface area (Å²) in [7, 11) is 2.07. The number of aryl methyl sites for hydroxylation is 1. The van der Waals surface area contributed by atoms with Crippen molar-refractivity contribution >= 4 is 22.0 Å². The monoisotopic (exact) mass is 464 g/mol. The first-order chi connectivity index (χ1) is 12.6. The number of phenols is 1. The van der Waals surface area contributed by atoms with Gasteiger partial charge in [0.05, 0.1) is 0 Å². The Morgan fingerprint density at radius 3 is 2.00 bits per heavy atom. The molecule has 0 aliphatic carbocycles. The molecule has 0 fully saturated rings. The van der Waals surface area contributed by atoms with Crippen LogP contribution in [0.15, 0.2) is 30.6 Å². The van der Waals surface area contributed by atoms with Crippen LogP contribution in [0.4, 0.5) is 0 Å². The van der Waals surface area contributed by atoms with Crippen LogP contribution < -0.4 is 3.58 Å². The molecule has 0 bridgehead atoms. The molecule has 2 aromatic rings. The van der Waals surface area contributed by atoms with E-state index in [2.05, 4.69) is 49.5 Å². The minimum absolute atomic E-state index is 0.420. The van der Waals surface area contributed by atoms with Gasteiger partial charge >= 0.3 is 164 Å². The van der Waals surface area contributed by atoms with Gasteiger partial charge in [0.1, 0.15) is 0 Å². The van der Waals surface area contributed by atoms with Crippen molar-refractivity contribution in [2.24, 2.45) is 7.05 Å². The molecule has 0 aliphatic heterocycles. The average molecular weight is 463 g/mol.